The summed E-state index contributed by atoms with van der Waals surface area (Å²) in [6.07, 6.45) is 0.720. The van der Waals surface area contributed by atoms with E-state index in [0.717, 1.165) is 27.7 Å². The van der Waals surface area contributed by atoms with Gasteiger partial charge in [-0.2, -0.15) is 0 Å². The van der Waals surface area contributed by atoms with Crippen LogP contribution in [0.25, 0.3) is 0 Å². The average Bonchev–Trinajstić information content (AvgIpc) is 2.72. The Bertz CT molecular complexity index is 628. The van der Waals surface area contributed by atoms with Crippen molar-refractivity contribution in [2.75, 3.05) is 6.61 Å². The topological polar surface area (TPSA) is 129 Å². The van der Waals surface area contributed by atoms with Crippen LogP contribution in [-0.2, 0) is 43.8 Å². The number of rotatable bonds is 4. The summed E-state index contributed by atoms with van der Waals surface area (Å²) in [5, 5.41) is 9.47. The summed E-state index contributed by atoms with van der Waals surface area (Å²) in [5.41, 5.74) is 3.02. The van der Waals surface area contributed by atoms with Crippen LogP contribution in [0.15, 0.2) is 12.1 Å². The molecule has 0 unspecified atom stereocenters. The third kappa shape index (κ3) is 19.8. The first-order valence-electron chi connectivity index (χ1n) is 6.45. The molecule has 0 fully saturated rings. The van der Waals surface area contributed by atoms with Gasteiger partial charge in [0.15, 0.2) is 0 Å². The van der Waals surface area contributed by atoms with Crippen molar-refractivity contribution in [3.05, 3.63) is 62.1 Å². The van der Waals surface area contributed by atoms with Crippen LogP contribution in [-0.4, -0.2) is 16.3 Å². The molecule has 0 atom stereocenters. The molecule has 0 aliphatic carbocycles. The predicted molar refractivity (Wildman–Crippen MR) is 85.4 cm³/mol. The SMILES string of the molecule is CC#CCCO[C](=[Cr])c1c(C)cc(O)cc1C.[C-]#[O+].[C-]#[O+].[C-]#[O+].[C-]#[O+].[C-]#[O+]. The number of aromatic hydroxyl groups is 1. The number of phenolic OH excluding ortho intramolecular Hbond substituents is 1. The number of benzene rings is 1. The van der Waals surface area contributed by atoms with E-state index in [4.69, 9.17) is 28.0 Å². The van der Waals surface area contributed by atoms with E-state index in [1.165, 1.54) is 0 Å². The van der Waals surface area contributed by atoms with Gasteiger partial charge in [-0.25, -0.2) is 0 Å². The molecular formula is C19H16CrO7. The second-order valence-corrected chi connectivity index (χ2v) is 4.35. The van der Waals surface area contributed by atoms with E-state index in [1.807, 2.05) is 20.8 Å². The Balaban J connectivity index is -0.000000139. The Hall–Kier alpha value is -2.36. The molecule has 0 amide bonds. The first-order chi connectivity index (χ1) is 13.1. The number of hydrogen-bond acceptors (Lipinski definition) is 2. The second-order valence-electron chi connectivity index (χ2n) is 3.77. The van der Waals surface area contributed by atoms with Crippen LogP contribution < -0.4 is 0 Å². The molecule has 0 spiro atoms. The van der Waals surface area contributed by atoms with Crippen molar-refractivity contribution in [1.82, 2.24) is 0 Å². The fourth-order valence-electron chi connectivity index (χ4n) is 1.65. The fraction of sp³-hybridized carbons (Fsp3) is 0.263. The van der Waals surface area contributed by atoms with E-state index in [2.05, 4.69) is 60.9 Å². The van der Waals surface area contributed by atoms with Gasteiger partial charge in [0, 0.05) is 0 Å². The molecule has 1 aromatic carbocycles. The molecular weight excluding hydrogens is 392 g/mol. The zero-order valence-corrected chi connectivity index (χ0v) is 16.1. The zero-order chi connectivity index (χ0) is 22.8. The molecule has 0 aliphatic rings. The van der Waals surface area contributed by atoms with Gasteiger partial charge in [0.25, 0.3) is 0 Å². The molecule has 7 nitrogen and oxygen atoms in total. The van der Waals surface area contributed by atoms with Crippen LogP contribution in [0.4, 0.5) is 0 Å². The summed E-state index contributed by atoms with van der Waals surface area (Å²) in [5.74, 6) is 6.07. The summed E-state index contributed by atoms with van der Waals surface area (Å²) in [7, 11) is 0. The Labute approximate surface area is 167 Å². The molecule has 0 bridgehead atoms. The Morgan fingerprint density at radius 1 is 0.963 bits per heavy atom. The molecule has 0 aromatic heterocycles. The molecule has 0 aliphatic heterocycles. The van der Waals surface area contributed by atoms with E-state index < -0.39 is 0 Å². The van der Waals surface area contributed by atoms with Crippen LogP contribution in [0.1, 0.15) is 30.0 Å². The van der Waals surface area contributed by atoms with Crippen molar-refractivity contribution in [1.29, 1.82) is 0 Å². The van der Waals surface area contributed by atoms with Gasteiger partial charge in [0.05, 0.1) is 0 Å². The van der Waals surface area contributed by atoms with Gasteiger partial charge >= 0.3 is 167 Å². The minimum atomic E-state index is 0.286. The number of ether oxygens (including phenoxy) is 1. The Morgan fingerprint density at radius 2 is 1.33 bits per heavy atom. The van der Waals surface area contributed by atoms with E-state index in [0.29, 0.717) is 6.61 Å². The Morgan fingerprint density at radius 3 is 1.67 bits per heavy atom. The first kappa shape index (κ1) is 35.7. The van der Waals surface area contributed by atoms with Crippen molar-refractivity contribution in [2.45, 2.75) is 27.2 Å². The van der Waals surface area contributed by atoms with Gasteiger partial charge in [-0.3, -0.25) is 0 Å². The summed E-state index contributed by atoms with van der Waals surface area (Å²) >= 11 is 2.94. The van der Waals surface area contributed by atoms with E-state index in [-0.39, 0.29) is 5.75 Å². The van der Waals surface area contributed by atoms with Crippen LogP contribution >= 0.6 is 0 Å². The van der Waals surface area contributed by atoms with E-state index in [9.17, 15) is 5.11 Å². The van der Waals surface area contributed by atoms with E-state index >= 15 is 0 Å². The quantitative estimate of drug-likeness (QED) is 0.355. The van der Waals surface area contributed by atoms with Crippen LogP contribution in [0.5, 0.6) is 5.75 Å². The van der Waals surface area contributed by atoms with Crippen LogP contribution in [0, 0.1) is 58.9 Å². The fourth-order valence-corrected chi connectivity index (χ4v) is 2.29. The zero-order valence-electron chi connectivity index (χ0n) is 14.9. The van der Waals surface area contributed by atoms with Crippen molar-refractivity contribution in [3.8, 4) is 17.6 Å². The summed E-state index contributed by atoms with van der Waals surface area (Å²) in [6.45, 7) is 28.8. The van der Waals surface area contributed by atoms with E-state index in [1.54, 1.807) is 12.1 Å². The standard InChI is InChI=1S/C14H16O2.5CO.Cr/c1-4-5-6-7-16-10-14-11(2)8-13(15)9-12(14)3;5*1-2;/h8-9,15H,6-7H2,1-3H3;;;;;;. The van der Waals surface area contributed by atoms with Gasteiger partial charge in [-0.1, -0.05) is 0 Å². The minimum absolute atomic E-state index is 0.286. The number of phenols is 1. The average molecular weight is 408 g/mol. The van der Waals surface area contributed by atoms with Gasteiger partial charge in [0.1, 0.15) is 0 Å². The van der Waals surface area contributed by atoms with Crippen LogP contribution in [0.2, 0.25) is 0 Å². The first-order valence-corrected chi connectivity index (χ1v) is 7.09. The molecule has 1 rings (SSSR count). The normalized spacial score (nSPS) is 6.41. The van der Waals surface area contributed by atoms with Gasteiger partial charge < -0.3 is 0 Å². The van der Waals surface area contributed by atoms with Gasteiger partial charge in [-0.15, -0.1) is 0 Å². The summed E-state index contributed by atoms with van der Waals surface area (Å²) in [6, 6.07) is 3.46. The Kier molecular flexibility index (Phi) is 41.5. The number of hydrogen-bond donors (Lipinski definition) is 1. The molecule has 0 saturated carbocycles. The molecule has 0 heterocycles. The third-order valence-corrected chi connectivity index (χ3v) is 2.86. The summed E-state index contributed by atoms with van der Waals surface area (Å²) < 4.78 is 43.9. The van der Waals surface area contributed by atoms with Gasteiger partial charge in [-0.05, 0) is 0 Å². The molecule has 0 radical (unpaired) electrons. The maximum absolute atomic E-state index is 9.47. The van der Waals surface area contributed by atoms with Crippen molar-refractivity contribution < 1.29 is 49.0 Å². The molecule has 140 valence electrons. The molecule has 0 saturated heterocycles. The molecule has 1 aromatic rings. The summed E-state index contributed by atoms with van der Waals surface area (Å²) in [4.78, 5) is 0. The molecule has 1 N–H and O–H groups in total. The molecule has 8 heteroatoms. The maximum atomic E-state index is 9.47. The monoisotopic (exact) mass is 408 g/mol. The third-order valence-electron chi connectivity index (χ3n) is 2.36. The molecule has 27 heavy (non-hydrogen) atoms. The van der Waals surface area contributed by atoms with Crippen molar-refractivity contribution in [2.24, 2.45) is 0 Å². The predicted octanol–water partition coefficient (Wildman–Crippen LogP) is 2.28. The second kappa shape index (κ2) is 31.4. The number of aryl methyl sites for hydroxylation is 2. The van der Waals surface area contributed by atoms with Crippen molar-refractivity contribution in [3.63, 3.8) is 0 Å². The van der Waals surface area contributed by atoms with Crippen LogP contribution in [0.3, 0.4) is 0 Å². The van der Waals surface area contributed by atoms with Gasteiger partial charge in [0.2, 0.25) is 0 Å². The van der Waals surface area contributed by atoms with Crippen molar-refractivity contribution >= 4 is 4.57 Å².